The van der Waals surface area contributed by atoms with E-state index in [1.807, 2.05) is 51.1 Å². The van der Waals surface area contributed by atoms with Crippen LogP contribution in [-0.4, -0.2) is 61.8 Å². The molecule has 8 nitrogen and oxygen atoms in total. The summed E-state index contributed by atoms with van der Waals surface area (Å²) < 4.78 is -0.583. The third kappa shape index (κ3) is 6.09. The van der Waals surface area contributed by atoms with Gasteiger partial charge in [-0.05, 0) is 43.9 Å². The molecule has 3 unspecified atom stereocenters. The Morgan fingerprint density at radius 3 is 2.41 bits per heavy atom. The number of nitrogens with zero attached hydrogens (tertiary/aromatic N) is 1. The average molecular weight is 486 g/mol. The molecule has 182 valence electrons. The molecule has 3 amide bonds. The summed E-state index contributed by atoms with van der Waals surface area (Å²) in [5, 5.41) is 25.4. The molecule has 0 aromatic heterocycles. The summed E-state index contributed by atoms with van der Waals surface area (Å²) in [7, 11) is 0. The zero-order valence-corrected chi connectivity index (χ0v) is 20.3. The first-order chi connectivity index (χ1) is 16.1. The van der Waals surface area contributed by atoms with Crippen molar-refractivity contribution < 1.29 is 24.6 Å². The zero-order chi connectivity index (χ0) is 24.9. The van der Waals surface area contributed by atoms with E-state index in [1.165, 1.54) is 16.7 Å². The largest absolute Gasteiger partial charge is 0.465 e. The van der Waals surface area contributed by atoms with Crippen molar-refractivity contribution in [2.75, 3.05) is 5.88 Å². The van der Waals surface area contributed by atoms with E-state index in [2.05, 4.69) is 10.6 Å². The van der Waals surface area contributed by atoms with Crippen LogP contribution in [0.2, 0.25) is 0 Å². The molecule has 34 heavy (non-hydrogen) atoms. The fourth-order valence-electron chi connectivity index (χ4n) is 4.11. The van der Waals surface area contributed by atoms with Crippen molar-refractivity contribution in [3.05, 3.63) is 71.3 Å². The first-order valence-corrected chi connectivity index (χ1v) is 12.1. The summed E-state index contributed by atoms with van der Waals surface area (Å²) in [4.78, 5) is 39.3. The second kappa shape index (κ2) is 10.9. The lowest BCUT2D eigenvalue weighted by atomic mass is 9.97. The van der Waals surface area contributed by atoms with Gasteiger partial charge in [0.1, 0.15) is 6.04 Å². The van der Waals surface area contributed by atoms with Gasteiger partial charge in [-0.2, -0.15) is 0 Å². The number of aryl methyl sites for hydroxylation is 1. The number of carbonyl (C=O) groups excluding carboxylic acids is 2. The van der Waals surface area contributed by atoms with Crippen LogP contribution in [0.15, 0.2) is 54.6 Å². The minimum atomic E-state index is -1.64. The molecule has 0 saturated carbocycles. The number of thioether (sulfide) groups is 1. The third-order valence-electron chi connectivity index (χ3n) is 6.03. The Kier molecular flexibility index (Phi) is 8.22. The highest BCUT2D eigenvalue weighted by Crippen LogP contribution is 2.39. The van der Waals surface area contributed by atoms with E-state index in [9.17, 15) is 24.6 Å². The van der Waals surface area contributed by atoms with Gasteiger partial charge in [-0.3, -0.25) is 9.59 Å². The maximum Gasteiger partial charge on any atom is 0.404 e. The SMILES string of the molecule is Cc1ccccc1CNC(=O)C1N(C(=O)C(O)C(Cc2ccccc2)NC(=O)O)CSC1(C)C. The molecule has 0 bridgehead atoms. The van der Waals surface area contributed by atoms with Gasteiger partial charge in [0, 0.05) is 11.3 Å². The van der Waals surface area contributed by atoms with Gasteiger partial charge in [0.2, 0.25) is 5.91 Å². The Morgan fingerprint density at radius 1 is 1.12 bits per heavy atom. The third-order valence-corrected chi connectivity index (χ3v) is 7.41. The molecule has 9 heteroatoms. The summed E-state index contributed by atoms with van der Waals surface area (Å²) >= 11 is 1.44. The Labute approximate surface area is 203 Å². The second-order valence-corrected chi connectivity index (χ2v) is 10.5. The number of aliphatic hydroxyl groups is 1. The van der Waals surface area contributed by atoms with Crippen LogP contribution in [0.1, 0.15) is 30.5 Å². The normalized spacial score (nSPS) is 18.7. The summed E-state index contributed by atoms with van der Waals surface area (Å²) in [5.41, 5.74) is 2.80. The monoisotopic (exact) mass is 485 g/mol. The summed E-state index contributed by atoms with van der Waals surface area (Å²) in [6, 6.07) is 14.9. The smallest absolute Gasteiger partial charge is 0.404 e. The van der Waals surface area contributed by atoms with Gasteiger partial charge >= 0.3 is 6.09 Å². The van der Waals surface area contributed by atoms with Crippen LogP contribution in [0.5, 0.6) is 0 Å². The van der Waals surface area contributed by atoms with Crippen molar-refractivity contribution in [1.29, 1.82) is 0 Å². The van der Waals surface area contributed by atoms with Crippen LogP contribution >= 0.6 is 11.8 Å². The maximum atomic E-state index is 13.3. The standard InChI is InChI=1S/C25H31N3O5S/c1-16-9-7-8-12-18(16)14-26-22(30)21-25(2,3)34-15-28(21)23(31)20(29)19(27-24(32)33)13-17-10-5-4-6-11-17/h4-12,19-21,27,29H,13-15H2,1-3H3,(H,26,30)(H,32,33). The van der Waals surface area contributed by atoms with Crippen LogP contribution < -0.4 is 10.6 Å². The topological polar surface area (TPSA) is 119 Å². The van der Waals surface area contributed by atoms with Crippen molar-refractivity contribution in [2.24, 2.45) is 0 Å². The van der Waals surface area contributed by atoms with Crippen LogP contribution in [0, 0.1) is 6.92 Å². The Bertz CT molecular complexity index is 1030. The molecule has 1 heterocycles. The summed E-state index contributed by atoms with van der Waals surface area (Å²) in [5.74, 6) is -0.773. The van der Waals surface area contributed by atoms with E-state index >= 15 is 0 Å². The number of hydrogen-bond donors (Lipinski definition) is 4. The number of nitrogens with one attached hydrogen (secondary N) is 2. The highest BCUT2D eigenvalue weighted by molar-refractivity contribution is 8.00. The quantitative estimate of drug-likeness (QED) is 0.456. The number of amides is 3. The highest BCUT2D eigenvalue weighted by atomic mass is 32.2. The molecule has 1 fully saturated rings. The second-order valence-electron chi connectivity index (χ2n) is 8.92. The van der Waals surface area contributed by atoms with E-state index in [1.54, 1.807) is 24.3 Å². The number of benzene rings is 2. The van der Waals surface area contributed by atoms with Crippen LogP contribution in [0.3, 0.4) is 0 Å². The van der Waals surface area contributed by atoms with E-state index in [-0.39, 0.29) is 18.2 Å². The van der Waals surface area contributed by atoms with Crippen LogP contribution in [-0.2, 0) is 22.6 Å². The molecule has 1 aliphatic rings. The molecule has 1 aliphatic heterocycles. The minimum Gasteiger partial charge on any atom is -0.465 e. The van der Waals surface area contributed by atoms with Gasteiger partial charge in [-0.15, -0.1) is 11.8 Å². The molecule has 0 aliphatic carbocycles. The van der Waals surface area contributed by atoms with E-state index < -0.39 is 34.9 Å². The van der Waals surface area contributed by atoms with Gasteiger partial charge in [0.25, 0.3) is 5.91 Å². The molecule has 0 spiro atoms. The lowest BCUT2D eigenvalue weighted by Crippen LogP contribution is -2.58. The van der Waals surface area contributed by atoms with Gasteiger partial charge in [-0.25, -0.2) is 4.79 Å². The van der Waals surface area contributed by atoms with Gasteiger partial charge in [0.05, 0.1) is 11.9 Å². The Hall–Kier alpha value is -3.04. The number of carboxylic acid groups (broad SMARTS) is 1. The lowest BCUT2D eigenvalue weighted by molar-refractivity contribution is -0.147. The number of rotatable bonds is 8. The summed E-state index contributed by atoms with van der Waals surface area (Å²) in [6.45, 7) is 6.05. The first kappa shape index (κ1) is 25.6. The molecule has 0 radical (unpaired) electrons. The van der Waals surface area contributed by atoms with Crippen molar-refractivity contribution in [3.8, 4) is 0 Å². The highest BCUT2D eigenvalue weighted by Gasteiger charge is 2.49. The number of aliphatic hydroxyl groups excluding tert-OH is 1. The predicted octanol–water partition coefficient (Wildman–Crippen LogP) is 2.53. The predicted molar refractivity (Wildman–Crippen MR) is 131 cm³/mol. The molecular formula is C25H31N3O5S. The van der Waals surface area contributed by atoms with E-state index in [0.29, 0.717) is 6.54 Å². The Balaban J connectivity index is 1.76. The van der Waals surface area contributed by atoms with E-state index in [4.69, 9.17) is 0 Å². The first-order valence-electron chi connectivity index (χ1n) is 11.1. The van der Waals surface area contributed by atoms with Crippen molar-refractivity contribution in [3.63, 3.8) is 0 Å². The fraction of sp³-hybridized carbons (Fsp3) is 0.400. The molecule has 3 atom stereocenters. The Morgan fingerprint density at radius 2 is 1.76 bits per heavy atom. The maximum absolute atomic E-state index is 13.3. The molecular weight excluding hydrogens is 454 g/mol. The number of hydrogen-bond acceptors (Lipinski definition) is 5. The van der Waals surface area contributed by atoms with Gasteiger partial charge in [-0.1, -0.05) is 54.6 Å². The molecule has 4 N–H and O–H groups in total. The molecule has 3 rings (SSSR count). The van der Waals surface area contributed by atoms with Crippen LogP contribution in [0.4, 0.5) is 4.79 Å². The van der Waals surface area contributed by atoms with Gasteiger partial charge < -0.3 is 25.7 Å². The van der Waals surface area contributed by atoms with Crippen LogP contribution in [0.25, 0.3) is 0 Å². The zero-order valence-electron chi connectivity index (χ0n) is 19.5. The summed E-state index contributed by atoms with van der Waals surface area (Å²) in [6.07, 6.45) is -2.84. The van der Waals surface area contributed by atoms with E-state index in [0.717, 1.165) is 16.7 Å². The number of carbonyl (C=O) groups is 3. The van der Waals surface area contributed by atoms with Crippen molar-refractivity contribution in [1.82, 2.24) is 15.5 Å². The molecule has 1 saturated heterocycles. The molecule has 2 aromatic carbocycles. The minimum absolute atomic E-state index is 0.134. The van der Waals surface area contributed by atoms with Crippen molar-refractivity contribution >= 4 is 29.7 Å². The van der Waals surface area contributed by atoms with Gasteiger partial charge in [0.15, 0.2) is 6.10 Å². The lowest BCUT2D eigenvalue weighted by Gasteiger charge is -2.33. The fourth-order valence-corrected chi connectivity index (χ4v) is 5.25. The molecule has 2 aromatic rings. The van der Waals surface area contributed by atoms with Crippen molar-refractivity contribution in [2.45, 2.75) is 56.7 Å². The average Bonchev–Trinajstić information content (AvgIpc) is 3.12.